The number of hydrogen-bond acceptors (Lipinski definition) is 4. The second-order valence-corrected chi connectivity index (χ2v) is 9.65. The first-order valence-corrected chi connectivity index (χ1v) is 12.0. The van der Waals surface area contributed by atoms with E-state index in [1.54, 1.807) is 30.0 Å². The highest BCUT2D eigenvalue weighted by molar-refractivity contribution is 7.99. The number of amides is 1. The van der Waals surface area contributed by atoms with E-state index >= 15 is 0 Å². The van der Waals surface area contributed by atoms with E-state index in [1.165, 1.54) is 42.5 Å². The molecule has 0 spiro atoms. The monoisotopic (exact) mass is 398 g/mol. The van der Waals surface area contributed by atoms with Crippen LogP contribution < -0.4 is 5.32 Å². The van der Waals surface area contributed by atoms with Crippen molar-refractivity contribution in [3.63, 3.8) is 0 Å². The Morgan fingerprint density at radius 3 is 2.54 bits per heavy atom. The van der Waals surface area contributed by atoms with Gasteiger partial charge in [0.1, 0.15) is 0 Å². The van der Waals surface area contributed by atoms with Crippen LogP contribution in [-0.2, 0) is 14.8 Å². The van der Waals surface area contributed by atoms with Gasteiger partial charge in [0.2, 0.25) is 15.9 Å². The molecule has 5 nitrogen and oxygen atoms in total. The van der Waals surface area contributed by atoms with Crippen LogP contribution in [0.5, 0.6) is 0 Å². The van der Waals surface area contributed by atoms with Gasteiger partial charge in [-0.15, -0.1) is 0 Å². The molecule has 0 aromatic heterocycles. The zero-order valence-corrected chi connectivity index (χ0v) is 17.4. The molecule has 0 heterocycles. The van der Waals surface area contributed by atoms with Gasteiger partial charge in [-0.1, -0.05) is 39.2 Å². The van der Waals surface area contributed by atoms with Crippen LogP contribution in [0.3, 0.4) is 0 Å². The van der Waals surface area contributed by atoms with Gasteiger partial charge >= 0.3 is 0 Å². The van der Waals surface area contributed by atoms with Gasteiger partial charge in [0, 0.05) is 18.8 Å². The fourth-order valence-corrected chi connectivity index (χ4v) is 5.86. The van der Waals surface area contributed by atoms with Crippen molar-refractivity contribution in [1.82, 2.24) is 4.31 Å². The van der Waals surface area contributed by atoms with Gasteiger partial charge in [-0.2, -0.15) is 16.1 Å². The van der Waals surface area contributed by atoms with Gasteiger partial charge in [0.15, 0.2) is 0 Å². The third-order valence-electron chi connectivity index (χ3n) is 4.77. The molecule has 0 radical (unpaired) electrons. The molecule has 1 aromatic carbocycles. The zero-order chi connectivity index (χ0) is 19.0. The molecule has 1 aliphatic carbocycles. The second-order valence-electron chi connectivity index (χ2n) is 6.68. The second kappa shape index (κ2) is 10.3. The number of sulfonamides is 1. The minimum absolute atomic E-state index is 0.0804. The summed E-state index contributed by atoms with van der Waals surface area (Å²) in [7, 11) is -3.51. The van der Waals surface area contributed by atoms with Crippen LogP contribution in [0, 0.1) is 5.92 Å². The Hall–Kier alpha value is -1.05. The number of nitrogens with one attached hydrogen (secondary N) is 1. The first-order valence-electron chi connectivity index (χ1n) is 9.45. The van der Waals surface area contributed by atoms with Gasteiger partial charge in [-0.05, 0) is 42.7 Å². The molecular formula is C19H30N2O3S2. The summed E-state index contributed by atoms with van der Waals surface area (Å²) in [6.07, 6.45) is 6.52. The summed E-state index contributed by atoms with van der Waals surface area (Å²) in [6.45, 7) is 4.48. The van der Waals surface area contributed by atoms with E-state index in [0.29, 0.717) is 24.5 Å². The highest BCUT2D eigenvalue weighted by Gasteiger charge is 2.22. The summed E-state index contributed by atoms with van der Waals surface area (Å²) < 4.78 is 26.6. The minimum atomic E-state index is -3.51. The molecule has 1 N–H and O–H groups in total. The van der Waals surface area contributed by atoms with Gasteiger partial charge in [-0.3, -0.25) is 4.79 Å². The Morgan fingerprint density at radius 2 is 1.88 bits per heavy atom. The quantitative estimate of drug-likeness (QED) is 0.683. The van der Waals surface area contributed by atoms with E-state index in [1.807, 2.05) is 13.8 Å². The van der Waals surface area contributed by atoms with Crippen molar-refractivity contribution >= 4 is 33.4 Å². The molecule has 1 saturated carbocycles. The Morgan fingerprint density at radius 1 is 1.19 bits per heavy atom. The molecule has 1 amide bonds. The van der Waals surface area contributed by atoms with Gasteiger partial charge in [0.05, 0.1) is 10.6 Å². The van der Waals surface area contributed by atoms with Crippen LogP contribution in [0.25, 0.3) is 0 Å². The first-order chi connectivity index (χ1) is 12.5. The van der Waals surface area contributed by atoms with Gasteiger partial charge < -0.3 is 5.32 Å². The number of hydrogen-bond donors (Lipinski definition) is 1. The predicted octanol–water partition coefficient (Wildman–Crippen LogP) is 3.97. The average Bonchev–Trinajstić information content (AvgIpc) is 2.63. The normalized spacial score (nSPS) is 16.0. The number of thioether (sulfide) groups is 1. The molecule has 0 atom stereocenters. The fraction of sp³-hybridized carbons (Fsp3) is 0.632. The van der Waals surface area contributed by atoms with Crippen molar-refractivity contribution < 1.29 is 13.2 Å². The molecule has 1 aliphatic rings. The van der Waals surface area contributed by atoms with Crippen LogP contribution >= 0.6 is 11.8 Å². The number of anilines is 1. The summed E-state index contributed by atoms with van der Waals surface area (Å²) in [5.74, 6) is 2.10. The van der Waals surface area contributed by atoms with Crippen molar-refractivity contribution in [2.75, 3.05) is 29.9 Å². The lowest BCUT2D eigenvalue weighted by Crippen LogP contribution is -2.30. The Balaban J connectivity index is 1.90. The summed E-state index contributed by atoms with van der Waals surface area (Å²) in [6, 6.07) is 6.50. The van der Waals surface area contributed by atoms with Crippen molar-refractivity contribution in [3.05, 3.63) is 24.3 Å². The van der Waals surface area contributed by atoms with E-state index in [-0.39, 0.29) is 10.8 Å². The van der Waals surface area contributed by atoms with E-state index < -0.39 is 10.0 Å². The maximum atomic E-state index is 12.6. The maximum absolute atomic E-state index is 12.6. The van der Waals surface area contributed by atoms with E-state index in [2.05, 4.69) is 5.32 Å². The van der Waals surface area contributed by atoms with Crippen LogP contribution in [0.2, 0.25) is 0 Å². The Bertz CT molecular complexity index is 682. The minimum Gasteiger partial charge on any atom is -0.325 e. The summed E-state index contributed by atoms with van der Waals surface area (Å²) in [4.78, 5) is 12.4. The van der Waals surface area contributed by atoms with E-state index in [9.17, 15) is 13.2 Å². The lowest BCUT2D eigenvalue weighted by molar-refractivity contribution is -0.113. The molecule has 1 fully saturated rings. The van der Waals surface area contributed by atoms with E-state index in [0.717, 1.165) is 11.7 Å². The highest BCUT2D eigenvalue weighted by Crippen LogP contribution is 2.27. The fourth-order valence-electron chi connectivity index (χ4n) is 3.32. The maximum Gasteiger partial charge on any atom is 0.243 e. The largest absolute Gasteiger partial charge is 0.325 e. The number of nitrogens with zero attached hydrogens (tertiary/aromatic N) is 1. The SMILES string of the molecule is CCN(CC)S(=O)(=O)c1cccc(NC(=O)CSCC2CCCCC2)c1. The highest BCUT2D eigenvalue weighted by atomic mass is 32.2. The molecule has 7 heteroatoms. The van der Waals surface area contributed by atoms with Crippen molar-refractivity contribution in [1.29, 1.82) is 0 Å². The molecule has 26 heavy (non-hydrogen) atoms. The van der Waals surface area contributed by atoms with Crippen LogP contribution in [0.15, 0.2) is 29.2 Å². The molecule has 0 bridgehead atoms. The molecule has 0 saturated heterocycles. The smallest absolute Gasteiger partial charge is 0.243 e. The number of benzene rings is 1. The third kappa shape index (κ3) is 5.99. The van der Waals surface area contributed by atoms with Gasteiger partial charge in [-0.25, -0.2) is 8.42 Å². The van der Waals surface area contributed by atoms with Crippen LogP contribution in [0.1, 0.15) is 46.0 Å². The average molecular weight is 399 g/mol. The number of carbonyl (C=O) groups is 1. The standard InChI is InChI=1S/C19H30N2O3S2/c1-3-21(4-2)26(23,24)18-12-8-11-17(13-18)20-19(22)15-25-14-16-9-6-5-7-10-16/h8,11-13,16H,3-7,9-10,14-15H2,1-2H3,(H,20,22). The van der Waals surface area contributed by atoms with Crippen LogP contribution in [0.4, 0.5) is 5.69 Å². The molecule has 1 aromatic rings. The summed E-state index contributed by atoms with van der Waals surface area (Å²) in [5, 5.41) is 2.82. The molecule has 2 rings (SSSR count). The Kier molecular flexibility index (Phi) is 8.44. The van der Waals surface area contributed by atoms with Crippen LogP contribution in [-0.4, -0.2) is 43.2 Å². The summed E-state index contributed by atoms with van der Waals surface area (Å²) >= 11 is 1.67. The zero-order valence-electron chi connectivity index (χ0n) is 15.7. The summed E-state index contributed by atoms with van der Waals surface area (Å²) in [5.41, 5.74) is 0.529. The van der Waals surface area contributed by atoms with Gasteiger partial charge in [0.25, 0.3) is 0 Å². The Labute approximate surface area is 162 Å². The first kappa shape index (κ1) is 21.3. The molecule has 0 unspecified atom stereocenters. The third-order valence-corrected chi connectivity index (χ3v) is 7.99. The predicted molar refractivity (Wildman–Crippen MR) is 109 cm³/mol. The number of rotatable bonds is 9. The molecule has 146 valence electrons. The molecular weight excluding hydrogens is 368 g/mol. The number of carbonyl (C=O) groups excluding carboxylic acids is 1. The van der Waals surface area contributed by atoms with E-state index in [4.69, 9.17) is 0 Å². The van der Waals surface area contributed by atoms with Crippen molar-refractivity contribution in [3.8, 4) is 0 Å². The lowest BCUT2D eigenvalue weighted by atomic mass is 9.91. The lowest BCUT2D eigenvalue weighted by Gasteiger charge is -2.20. The van der Waals surface area contributed by atoms with Crippen molar-refractivity contribution in [2.24, 2.45) is 5.92 Å². The van der Waals surface area contributed by atoms with Crippen molar-refractivity contribution in [2.45, 2.75) is 50.8 Å². The topological polar surface area (TPSA) is 66.5 Å². The molecule has 0 aliphatic heterocycles.